The summed E-state index contributed by atoms with van der Waals surface area (Å²) in [5.74, 6) is 0. The van der Waals surface area contributed by atoms with E-state index < -0.39 is 0 Å². The first kappa shape index (κ1) is 15.0. The second-order valence-electron chi connectivity index (χ2n) is 5.81. The zero-order chi connectivity index (χ0) is 14.5. The number of benzene rings is 1. The van der Waals surface area contributed by atoms with Crippen LogP contribution in [0.5, 0.6) is 0 Å². The van der Waals surface area contributed by atoms with Crippen molar-refractivity contribution in [2.45, 2.75) is 57.7 Å². The van der Waals surface area contributed by atoms with Gasteiger partial charge in [0.25, 0.3) is 0 Å². The fourth-order valence-electron chi connectivity index (χ4n) is 3.34. The van der Waals surface area contributed by atoms with E-state index in [9.17, 15) is 0 Å². The summed E-state index contributed by atoms with van der Waals surface area (Å²) >= 11 is 0. The van der Waals surface area contributed by atoms with Crippen LogP contribution in [0.15, 0.2) is 24.3 Å². The topological polar surface area (TPSA) is 53.0 Å². The highest BCUT2D eigenvalue weighted by Gasteiger charge is 2.27. The highest BCUT2D eigenvalue weighted by atomic mass is 15.2. The molecule has 1 atom stereocenters. The van der Waals surface area contributed by atoms with E-state index in [0.717, 1.165) is 24.9 Å². The predicted octanol–water partition coefficient (Wildman–Crippen LogP) is 3.21. The molecule has 2 N–H and O–H groups in total. The van der Waals surface area contributed by atoms with Crippen molar-refractivity contribution in [2.75, 3.05) is 6.54 Å². The molecule has 1 aromatic carbocycles. The third-order valence-corrected chi connectivity index (χ3v) is 4.57. The minimum absolute atomic E-state index is 0.354. The van der Waals surface area contributed by atoms with Crippen LogP contribution in [0.2, 0.25) is 0 Å². The molecule has 1 aromatic rings. The van der Waals surface area contributed by atoms with Crippen molar-refractivity contribution in [3.8, 4) is 6.07 Å². The molecule has 1 fully saturated rings. The quantitative estimate of drug-likeness (QED) is 0.915. The van der Waals surface area contributed by atoms with Gasteiger partial charge in [-0.05, 0) is 56.8 Å². The average Bonchev–Trinajstić information content (AvgIpc) is 2.50. The Morgan fingerprint density at radius 3 is 2.65 bits per heavy atom. The molecule has 1 aliphatic rings. The summed E-state index contributed by atoms with van der Waals surface area (Å²) in [4.78, 5) is 2.56. The standard InChI is InChI=1S/C17H25N3/c1-3-20(17-9-7-16(19)8-10-17)13(2)15-6-4-5-14(11-15)12-18/h4-6,11,13,16-17H,3,7-10,19H2,1-2H3. The normalized spacial score (nSPS) is 24.4. The molecule has 3 nitrogen and oxygen atoms in total. The van der Waals surface area contributed by atoms with Gasteiger partial charge in [0.05, 0.1) is 11.6 Å². The molecule has 0 spiro atoms. The summed E-state index contributed by atoms with van der Waals surface area (Å²) in [6.45, 7) is 5.51. The average molecular weight is 271 g/mol. The predicted molar refractivity (Wildman–Crippen MR) is 82.2 cm³/mol. The van der Waals surface area contributed by atoms with Crippen molar-refractivity contribution in [2.24, 2.45) is 5.73 Å². The van der Waals surface area contributed by atoms with Gasteiger partial charge in [0.15, 0.2) is 0 Å². The van der Waals surface area contributed by atoms with Crippen LogP contribution in [0.1, 0.15) is 56.7 Å². The van der Waals surface area contributed by atoms with Gasteiger partial charge in [-0.1, -0.05) is 19.1 Å². The first-order valence-electron chi connectivity index (χ1n) is 7.67. The lowest BCUT2D eigenvalue weighted by Gasteiger charge is -2.39. The third-order valence-electron chi connectivity index (χ3n) is 4.57. The molecule has 3 heteroatoms. The first-order chi connectivity index (χ1) is 9.65. The van der Waals surface area contributed by atoms with E-state index in [-0.39, 0.29) is 0 Å². The number of hydrogen-bond acceptors (Lipinski definition) is 3. The minimum atomic E-state index is 0.354. The lowest BCUT2D eigenvalue weighted by atomic mass is 9.89. The summed E-state index contributed by atoms with van der Waals surface area (Å²) < 4.78 is 0. The molecule has 108 valence electrons. The highest BCUT2D eigenvalue weighted by molar-refractivity contribution is 5.34. The van der Waals surface area contributed by atoms with Crippen molar-refractivity contribution in [1.29, 1.82) is 5.26 Å². The maximum atomic E-state index is 9.04. The summed E-state index contributed by atoms with van der Waals surface area (Å²) in [6, 6.07) is 11.6. The van der Waals surface area contributed by atoms with Crippen molar-refractivity contribution in [3.05, 3.63) is 35.4 Å². The Morgan fingerprint density at radius 2 is 2.05 bits per heavy atom. The van der Waals surface area contributed by atoms with E-state index in [1.807, 2.05) is 18.2 Å². The summed E-state index contributed by atoms with van der Waals surface area (Å²) in [6.07, 6.45) is 4.65. The van der Waals surface area contributed by atoms with Gasteiger partial charge in [0.2, 0.25) is 0 Å². The molecule has 0 heterocycles. The lowest BCUT2D eigenvalue weighted by Crippen LogP contribution is -2.42. The molecule has 0 radical (unpaired) electrons. The monoisotopic (exact) mass is 271 g/mol. The smallest absolute Gasteiger partial charge is 0.0991 e. The highest BCUT2D eigenvalue weighted by Crippen LogP contribution is 2.29. The molecular formula is C17H25N3. The maximum absolute atomic E-state index is 9.04. The number of nitrogens with zero attached hydrogens (tertiary/aromatic N) is 2. The molecule has 0 aromatic heterocycles. The molecule has 1 saturated carbocycles. The van der Waals surface area contributed by atoms with E-state index in [0.29, 0.717) is 18.1 Å². The van der Waals surface area contributed by atoms with Crippen molar-refractivity contribution in [3.63, 3.8) is 0 Å². The van der Waals surface area contributed by atoms with Crippen LogP contribution < -0.4 is 5.73 Å². The molecule has 20 heavy (non-hydrogen) atoms. The zero-order valence-electron chi connectivity index (χ0n) is 12.5. The molecular weight excluding hydrogens is 246 g/mol. The van der Waals surface area contributed by atoms with Crippen LogP contribution in [0.25, 0.3) is 0 Å². The SMILES string of the molecule is CCN(C1CCC(N)CC1)C(C)c1cccc(C#N)c1. The number of rotatable bonds is 4. The van der Waals surface area contributed by atoms with Gasteiger partial charge in [-0.3, -0.25) is 4.90 Å². The van der Waals surface area contributed by atoms with E-state index in [1.165, 1.54) is 18.4 Å². The van der Waals surface area contributed by atoms with Gasteiger partial charge in [0, 0.05) is 18.1 Å². The molecule has 1 unspecified atom stereocenters. The number of nitriles is 1. The van der Waals surface area contributed by atoms with Gasteiger partial charge in [-0.2, -0.15) is 5.26 Å². The largest absolute Gasteiger partial charge is 0.328 e. The van der Waals surface area contributed by atoms with Crippen molar-refractivity contribution in [1.82, 2.24) is 4.90 Å². The van der Waals surface area contributed by atoms with Crippen LogP contribution >= 0.6 is 0 Å². The summed E-state index contributed by atoms with van der Waals surface area (Å²) in [5, 5.41) is 9.04. The second-order valence-corrected chi connectivity index (χ2v) is 5.81. The van der Waals surface area contributed by atoms with E-state index in [1.54, 1.807) is 0 Å². The Labute approximate surface area is 122 Å². The van der Waals surface area contributed by atoms with Crippen LogP contribution in [-0.2, 0) is 0 Å². The molecule has 0 aliphatic heterocycles. The third kappa shape index (κ3) is 3.39. The van der Waals surface area contributed by atoms with Gasteiger partial charge in [-0.15, -0.1) is 0 Å². The van der Waals surface area contributed by atoms with Crippen molar-refractivity contribution >= 4 is 0 Å². The Kier molecular flexibility index (Phi) is 5.17. The number of hydrogen-bond donors (Lipinski definition) is 1. The van der Waals surface area contributed by atoms with Gasteiger partial charge in [0.1, 0.15) is 0 Å². The van der Waals surface area contributed by atoms with E-state index >= 15 is 0 Å². The minimum Gasteiger partial charge on any atom is -0.328 e. The van der Waals surface area contributed by atoms with E-state index in [2.05, 4.69) is 30.9 Å². The van der Waals surface area contributed by atoms with Gasteiger partial charge >= 0.3 is 0 Å². The first-order valence-corrected chi connectivity index (χ1v) is 7.67. The van der Waals surface area contributed by atoms with Gasteiger partial charge < -0.3 is 5.73 Å². The lowest BCUT2D eigenvalue weighted by molar-refractivity contribution is 0.114. The Bertz CT molecular complexity index is 469. The Balaban J connectivity index is 2.12. The van der Waals surface area contributed by atoms with Crippen molar-refractivity contribution < 1.29 is 0 Å². The molecule has 2 rings (SSSR count). The Hall–Kier alpha value is -1.37. The van der Waals surface area contributed by atoms with Crippen LogP contribution in [0.4, 0.5) is 0 Å². The van der Waals surface area contributed by atoms with Gasteiger partial charge in [-0.25, -0.2) is 0 Å². The second kappa shape index (κ2) is 6.88. The Morgan fingerprint density at radius 1 is 1.35 bits per heavy atom. The molecule has 0 bridgehead atoms. The van der Waals surface area contributed by atoms with E-state index in [4.69, 9.17) is 11.0 Å². The van der Waals surface area contributed by atoms with Crippen LogP contribution in [0, 0.1) is 11.3 Å². The maximum Gasteiger partial charge on any atom is 0.0991 e. The summed E-state index contributed by atoms with van der Waals surface area (Å²) in [5.41, 5.74) is 7.99. The fraction of sp³-hybridized carbons (Fsp3) is 0.588. The summed E-state index contributed by atoms with van der Waals surface area (Å²) in [7, 11) is 0. The molecule has 0 saturated heterocycles. The fourth-order valence-corrected chi connectivity index (χ4v) is 3.34. The van der Waals surface area contributed by atoms with Crippen LogP contribution in [-0.4, -0.2) is 23.5 Å². The van der Waals surface area contributed by atoms with Crippen LogP contribution in [0.3, 0.4) is 0 Å². The molecule has 0 amide bonds. The zero-order valence-corrected chi connectivity index (χ0v) is 12.5. The molecule has 1 aliphatic carbocycles. The number of nitrogens with two attached hydrogens (primary N) is 1.